The molecule has 1 atom stereocenters. The van der Waals surface area contributed by atoms with Crippen molar-refractivity contribution in [1.82, 2.24) is 0 Å². The molecule has 0 aliphatic heterocycles. The highest BCUT2D eigenvalue weighted by atomic mass is 32.3. The molecule has 62 valence electrons. The van der Waals surface area contributed by atoms with Crippen molar-refractivity contribution in [2.24, 2.45) is 5.73 Å². The third-order valence-electron chi connectivity index (χ3n) is 0.756. The van der Waals surface area contributed by atoms with E-state index in [1.165, 1.54) is 0 Å². The van der Waals surface area contributed by atoms with E-state index >= 15 is 0 Å². The Morgan fingerprint density at radius 2 is 2.20 bits per heavy atom. The van der Waals surface area contributed by atoms with Gasteiger partial charge in [0.15, 0.2) is 5.06 Å². The largest absolute Gasteiger partial charge is 0.399 e. The van der Waals surface area contributed by atoms with E-state index in [-0.39, 0.29) is 6.42 Å². The average molecular weight is 187 g/mol. The molecular formula is C3H9NO4S2. The number of hydrogen-bond acceptors (Lipinski definition) is 5. The molecule has 0 bridgehead atoms. The van der Waals surface area contributed by atoms with Crippen LogP contribution in [0.15, 0.2) is 0 Å². The minimum Gasteiger partial charge on any atom is -0.294 e. The molecular weight excluding hydrogens is 178 g/mol. The van der Waals surface area contributed by atoms with Gasteiger partial charge in [0.2, 0.25) is 0 Å². The molecule has 0 saturated carbocycles. The molecule has 0 heterocycles. The van der Waals surface area contributed by atoms with Crippen LogP contribution in [0, 0.1) is 0 Å². The lowest BCUT2D eigenvalue weighted by Crippen LogP contribution is -2.37. The van der Waals surface area contributed by atoms with E-state index < -0.39 is 15.5 Å². The van der Waals surface area contributed by atoms with Gasteiger partial charge in [-0.2, -0.15) is 8.42 Å². The standard InChI is InChI=1S/C3H9NO4S2/c1-2-3(4,9)8-10(5,6)7/h9H,2,4H2,1H3,(H,5,6,7). The van der Waals surface area contributed by atoms with Crippen molar-refractivity contribution in [3.63, 3.8) is 0 Å². The highest BCUT2D eigenvalue weighted by molar-refractivity contribution is 7.84. The number of rotatable bonds is 3. The van der Waals surface area contributed by atoms with Gasteiger partial charge in [0, 0.05) is 0 Å². The lowest BCUT2D eigenvalue weighted by molar-refractivity contribution is 0.155. The lowest BCUT2D eigenvalue weighted by Gasteiger charge is -2.18. The molecule has 1 unspecified atom stereocenters. The van der Waals surface area contributed by atoms with Crippen molar-refractivity contribution in [3.05, 3.63) is 0 Å². The Balaban J connectivity index is 4.16. The van der Waals surface area contributed by atoms with Crippen LogP contribution in [0.4, 0.5) is 0 Å². The van der Waals surface area contributed by atoms with Crippen molar-refractivity contribution in [2.45, 2.75) is 18.4 Å². The number of nitrogens with two attached hydrogens (primary N) is 1. The monoisotopic (exact) mass is 187 g/mol. The van der Waals surface area contributed by atoms with E-state index in [0.29, 0.717) is 0 Å². The van der Waals surface area contributed by atoms with Gasteiger partial charge in [-0.25, -0.2) is 4.18 Å². The molecule has 0 fully saturated rings. The molecule has 0 aromatic heterocycles. The fraction of sp³-hybridized carbons (Fsp3) is 1.00. The molecule has 7 heteroatoms. The van der Waals surface area contributed by atoms with Crippen LogP contribution in [0.25, 0.3) is 0 Å². The Bertz CT molecular complexity index is 197. The Morgan fingerprint density at radius 1 is 1.80 bits per heavy atom. The highest BCUT2D eigenvalue weighted by Gasteiger charge is 2.24. The maximum Gasteiger partial charge on any atom is 0.399 e. The Labute approximate surface area is 64.9 Å². The maximum atomic E-state index is 10.0. The molecule has 3 N–H and O–H groups in total. The summed E-state index contributed by atoms with van der Waals surface area (Å²) in [6.07, 6.45) is 0.163. The molecule has 5 nitrogen and oxygen atoms in total. The van der Waals surface area contributed by atoms with E-state index in [1.54, 1.807) is 6.92 Å². The molecule has 0 aromatic rings. The summed E-state index contributed by atoms with van der Waals surface area (Å²) in [4.78, 5) is 0. The molecule has 10 heavy (non-hydrogen) atoms. The second-order valence-electron chi connectivity index (χ2n) is 1.71. The highest BCUT2D eigenvalue weighted by Crippen LogP contribution is 2.14. The van der Waals surface area contributed by atoms with Gasteiger partial charge in [0.25, 0.3) is 0 Å². The maximum absolute atomic E-state index is 10.0. The summed E-state index contributed by atoms with van der Waals surface area (Å²) in [6.45, 7) is 1.57. The Kier molecular flexibility index (Phi) is 3.11. The Morgan fingerprint density at radius 3 is 2.30 bits per heavy atom. The second-order valence-corrected chi connectivity index (χ2v) is 3.49. The zero-order valence-electron chi connectivity index (χ0n) is 5.31. The summed E-state index contributed by atoms with van der Waals surface area (Å²) in [5.41, 5.74) is 5.10. The molecule has 0 aliphatic carbocycles. The molecule has 0 saturated heterocycles. The van der Waals surface area contributed by atoms with E-state index in [1.807, 2.05) is 0 Å². The smallest absolute Gasteiger partial charge is 0.294 e. The van der Waals surface area contributed by atoms with Crippen molar-refractivity contribution in [1.29, 1.82) is 0 Å². The van der Waals surface area contributed by atoms with E-state index in [4.69, 9.17) is 10.3 Å². The van der Waals surface area contributed by atoms with Gasteiger partial charge >= 0.3 is 10.4 Å². The predicted octanol–water partition coefficient (Wildman–Crippen LogP) is -0.242. The molecule has 0 aliphatic rings. The first-order valence-corrected chi connectivity index (χ1v) is 4.27. The SMILES string of the molecule is CCC(N)(S)OS(=O)(=O)O. The van der Waals surface area contributed by atoms with E-state index in [2.05, 4.69) is 16.8 Å². The van der Waals surface area contributed by atoms with Crippen LogP contribution in [-0.4, -0.2) is 18.0 Å². The van der Waals surface area contributed by atoms with Crippen LogP contribution in [0.1, 0.15) is 13.3 Å². The van der Waals surface area contributed by atoms with Gasteiger partial charge < -0.3 is 0 Å². The summed E-state index contributed by atoms with van der Waals surface area (Å²) in [5, 5.41) is -1.62. The summed E-state index contributed by atoms with van der Waals surface area (Å²) in [7, 11) is -4.50. The zero-order chi connectivity index (χ0) is 8.41. The fourth-order valence-electron chi connectivity index (χ4n) is 0.241. The van der Waals surface area contributed by atoms with Crippen molar-refractivity contribution >= 4 is 23.0 Å². The van der Waals surface area contributed by atoms with Gasteiger partial charge in [0.1, 0.15) is 0 Å². The van der Waals surface area contributed by atoms with Crippen LogP contribution in [0.2, 0.25) is 0 Å². The first kappa shape index (κ1) is 10.2. The van der Waals surface area contributed by atoms with Crippen LogP contribution < -0.4 is 5.73 Å². The summed E-state index contributed by atoms with van der Waals surface area (Å²) in [6, 6.07) is 0. The van der Waals surface area contributed by atoms with Crippen LogP contribution >= 0.6 is 12.6 Å². The molecule has 0 amide bonds. The normalized spacial score (nSPS) is 18.4. The average Bonchev–Trinajstić information content (AvgIpc) is 1.60. The van der Waals surface area contributed by atoms with Gasteiger partial charge in [-0.3, -0.25) is 10.3 Å². The van der Waals surface area contributed by atoms with Crippen LogP contribution in [-0.2, 0) is 14.6 Å². The van der Waals surface area contributed by atoms with Gasteiger partial charge in [0.05, 0.1) is 0 Å². The third-order valence-corrected chi connectivity index (χ3v) is 1.80. The molecule has 0 aromatic carbocycles. The van der Waals surface area contributed by atoms with E-state index in [9.17, 15) is 8.42 Å². The molecule has 0 spiro atoms. The van der Waals surface area contributed by atoms with Crippen molar-refractivity contribution in [2.75, 3.05) is 0 Å². The third kappa shape index (κ3) is 5.00. The minimum atomic E-state index is -4.50. The van der Waals surface area contributed by atoms with Crippen molar-refractivity contribution < 1.29 is 17.2 Å². The quantitative estimate of drug-likeness (QED) is 0.322. The van der Waals surface area contributed by atoms with E-state index in [0.717, 1.165) is 0 Å². The fourth-order valence-corrected chi connectivity index (χ4v) is 1.01. The lowest BCUT2D eigenvalue weighted by atomic mass is 10.4. The number of thiol groups is 1. The zero-order valence-corrected chi connectivity index (χ0v) is 7.02. The summed E-state index contributed by atoms with van der Waals surface area (Å²) in [5.74, 6) is 0. The van der Waals surface area contributed by atoms with Crippen molar-refractivity contribution in [3.8, 4) is 0 Å². The molecule has 0 rings (SSSR count). The van der Waals surface area contributed by atoms with Gasteiger partial charge in [-0.05, 0) is 6.42 Å². The first-order valence-electron chi connectivity index (χ1n) is 2.46. The topological polar surface area (TPSA) is 89.6 Å². The second kappa shape index (κ2) is 3.05. The summed E-state index contributed by atoms with van der Waals surface area (Å²) < 4.78 is 32.1. The van der Waals surface area contributed by atoms with Crippen LogP contribution in [0.5, 0.6) is 0 Å². The summed E-state index contributed by atoms with van der Waals surface area (Å²) >= 11 is 3.60. The molecule has 0 radical (unpaired) electrons. The van der Waals surface area contributed by atoms with Crippen LogP contribution in [0.3, 0.4) is 0 Å². The predicted molar refractivity (Wildman–Crippen MR) is 38.8 cm³/mol. The minimum absolute atomic E-state index is 0.163. The first-order chi connectivity index (χ1) is 4.27. The number of hydrogen-bond donors (Lipinski definition) is 3. The Hall–Kier alpha value is 0.180. The van der Waals surface area contributed by atoms with Gasteiger partial charge in [-0.15, -0.1) is 12.6 Å². The van der Waals surface area contributed by atoms with Gasteiger partial charge in [-0.1, -0.05) is 6.92 Å².